The summed E-state index contributed by atoms with van der Waals surface area (Å²) >= 11 is 0. The van der Waals surface area contributed by atoms with Crippen molar-refractivity contribution in [2.75, 3.05) is 19.6 Å². The van der Waals surface area contributed by atoms with Gasteiger partial charge in [-0.15, -0.1) is 0 Å². The maximum Gasteiger partial charge on any atom is 0.310 e. The van der Waals surface area contributed by atoms with Crippen molar-refractivity contribution in [2.24, 2.45) is 5.41 Å². The number of likely N-dealkylation sites (tertiary alicyclic amines) is 1. The van der Waals surface area contributed by atoms with E-state index in [0.717, 1.165) is 0 Å². The van der Waals surface area contributed by atoms with Crippen molar-refractivity contribution in [3.05, 3.63) is 0 Å². The molecule has 1 atom stereocenters. The normalized spacial score (nSPS) is 25.1. The van der Waals surface area contributed by atoms with Gasteiger partial charge >= 0.3 is 5.97 Å². The van der Waals surface area contributed by atoms with Crippen LogP contribution in [0.5, 0.6) is 0 Å². The van der Waals surface area contributed by atoms with Gasteiger partial charge in [-0.2, -0.15) is 0 Å². The summed E-state index contributed by atoms with van der Waals surface area (Å²) in [7, 11) is 0. The summed E-state index contributed by atoms with van der Waals surface area (Å²) in [5.74, 6) is -0.788. The van der Waals surface area contributed by atoms with Crippen LogP contribution in [0.25, 0.3) is 0 Å². The zero-order chi connectivity index (χ0) is 14.0. The number of rotatable bonds is 4. The lowest BCUT2D eigenvalue weighted by atomic mass is 9.84. The van der Waals surface area contributed by atoms with Gasteiger partial charge in [0.25, 0.3) is 0 Å². The summed E-state index contributed by atoms with van der Waals surface area (Å²) < 4.78 is 0. The van der Waals surface area contributed by atoms with E-state index in [1.54, 1.807) is 0 Å². The first kappa shape index (κ1) is 15.0. The molecule has 5 heteroatoms. The summed E-state index contributed by atoms with van der Waals surface area (Å²) in [5.41, 5.74) is -0.909. The lowest BCUT2D eigenvalue weighted by Gasteiger charge is -2.25. The zero-order valence-electron chi connectivity index (χ0n) is 11.7. The number of carbonyl (C=O) groups is 2. The first-order valence-corrected chi connectivity index (χ1v) is 6.45. The van der Waals surface area contributed by atoms with Gasteiger partial charge in [-0.3, -0.25) is 14.5 Å². The Morgan fingerprint density at radius 1 is 1.39 bits per heavy atom. The topological polar surface area (TPSA) is 69.6 Å². The number of amides is 1. The molecule has 1 unspecified atom stereocenters. The van der Waals surface area contributed by atoms with Crippen LogP contribution in [0.2, 0.25) is 0 Å². The largest absolute Gasteiger partial charge is 0.481 e. The lowest BCUT2D eigenvalue weighted by Crippen LogP contribution is -2.46. The van der Waals surface area contributed by atoms with Crippen molar-refractivity contribution >= 4 is 11.9 Å². The molecule has 104 valence electrons. The molecule has 1 saturated heterocycles. The van der Waals surface area contributed by atoms with Crippen molar-refractivity contribution in [1.29, 1.82) is 0 Å². The predicted molar refractivity (Wildman–Crippen MR) is 69.3 cm³/mol. The maximum atomic E-state index is 11.8. The van der Waals surface area contributed by atoms with Gasteiger partial charge in [0.1, 0.15) is 0 Å². The van der Waals surface area contributed by atoms with E-state index in [1.165, 1.54) is 0 Å². The van der Waals surface area contributed by atoms with Crippen LogP contribution in [-0.2, 0) is 9.59 Å². The Labute approximate surface area is 109 Å². The number of nitrogens with zero attached hydrogens (tertiary/aromatic N) is 1. The molecule has 1 fully saturated rings. The van der Waals surface area contributed by atoms with E-state index in [1.807, 2.05) is 32.6 Å². The molecular weight excluding hydrogens is 232 g/mol. The van der Waals surface area contributed by atoms with E-state index in [9.17, 15) is 14.7 Å². The van der Waals surface area contributed by atoms with E-state index in [4.69, 9.17) is 0 Å². The number of aliphatic carboxylic acids is 1. The van der Waals surface area contributed by atoms with Gasteiger partial charge in [-0.05, 0) is 40.2 Å². The molecule has 0 aromatic rings. The van der Waals surface area contributed by atoms with Gasteiger partial charge in [0.15, 0.2) is 0 Å². The Morgan fingerprint density at radius 2 is 2.00 bits per heavy atom. The molecule has 5 nitrogen and oxygen atoms in total. The van der Waals surface area contributed by atoms with E-state index >= 15 is 0 Å². The number of hydrogen-bond donors (Lipinski definition) is 2. The van der Waals surface area contributed by atoms with Gasteiger partial charge in [0.05, 0.1) is 12.0 Å². The summed E-state index contributed by atoms with van der Waals surface area (Å²) in [6.07, 6.45) is 1.24. The van der Waals surface area contributed by atoms with Crippen LogP contribution in [-0.4, -0.2) is 47.1 Å². The number of hydrogen-bond acceptors (Lipinski definition) is 3. The van der Waals surface area contributed by atoms with E-state index < -0.39 is 11.4 Å². The van der Waals surface area contributed by atoms with Crippen LogP contribution in [0.1, 0.15) is 40.5 Å². The van der Waals surface area contributed by atoms with Gasteiger partial charge in [-0.25, -0.2) is 0 Å². The molecule has 1 rings (SSSR count). The Bertz CT molecular complexity index is 336. The molecule has 0 saturated carbocycles. The minimum Gasteiger partial charge on any atom is -0.481 e. The average Bonchev–Trinajstić information content (AvgIpc) is 2.59. The van der Waals surface area contributed by atoms with Crippen molar-refractivity contribution in [1.82, 2.24) is 10.2 Å². The van der Waals surface area contributed by atoms with Crippen molar-refractivity contribution in [2.45, 2.75) is 46.1 Å². The minimum atomic E-state index is -0.747. The number of carboxylic acids is 1. The van der Waals surface area contributed by atoms with Gasteiger partial charge < -0.3 is 10.4 Å². The molecule has 1 heterocycles. The highest BCUT2D eigenvalue weighted by atomic mass is 16.4. The molecule has 1 amide bonds. The molecule has 0 bridgehead atoms. The van der Waals surface area contributed by atoms with Crippen LogP contribution in [0.3, 0.4) is 0 Å². The van der Waals surface area contributed by atoms with Crippen molar-refractivity contribution in [3.63, 3.8) is 0 Å². The van der Waals surface area contributed by atoms with E-state index in [2.05, 4.69) is 5.32 Å². The van der Waals surface area contributed by atoms with Crippen LogP contribution in [0.4, 0.5) is 0 Å². The fourth-order valence-electron chi connectivity index (χ4n) is 2.37. The molecule has 0 aromatic heterocycles. The Balaban J connectivity index is 2.53. The molecular formula is C13H24N2O3. The molecule has 0 spiro atoms. The SMILES string of the molecule is CCC1(C(=O)O)CCN(CC(=O)NC(C)(C)C)C1. The second-order valence-electron chi connectivity index (χ2n) is 6.20. The number of nitrogens with one attached hydrogen (secondary N) is 1. The van der Waals surface area contributed by atoms with Crippen molar-refractivity contribution in [3.8, 4) is 0 Å². The molecule has 0 radical (unpaired) electrons. The van der Waals surface area contributed by atoms with E-state index in [-0.39, 0.29) is 18.0 Å². The average molecular weight is 256 g/mol. The molecule has 0 aromatic carbocycles. The van der Waals surface area contributed by atoms with Crippen LogP contribution in [0, 0.1) is 5.41 Å². The maximum absolute atomic E-state index is 11.8. The summed E-state index contributed by atoms with van der Waals surface area (Å²) in [5, 5.41) is 12.2. The minimum absolute atomic E-state index is 0.0419. The zero-order valence-corrected chi connectivity index (χ0v) is 11.7. The monoisotopic (exact) mass is 256 g/mol. The molecule has 1 aliphatic rings. The Kier molecular flexibility index (Phi) is 4.37. The lowest BCUT2D eigenvalue weighted by molar-refractivity contribution is -0.148. The fraction of sp³-hybridized carbons (Fsp3) is 0.846. The quantitative estimate of drug-likeness (QED) is 0.790. The standard InChI is InChI=1S/C13H24N2O3/c1-5-13(11(17)18)6-7-15(9-13)8-10(16)14-12(2,3)4/h5-9H2,1-4H3,(H,14,16)(H,17,18). The number of carbonyl (C=O) groups excluding carboxylic acids is 1. The second-order valence-corrected chi connectivity index (χ2v) is 6.20. The molecule has 1 aliphatic heterocycles. The highest BCUT2D eigenvalue weighted by Gasteiger charge is 2.43. The van der Waals surface area contributed by atoms with Crippen LogP contribution < -0.4 is 5.32 Å². The third kappa shape index (κ3) is 3.70. The summed E-state index contributed by atoms with van der Waals surface area (Å²) in [4.78, 5) is 25.0. The third-order valence-corrected chi connectivity index (χ3v) is 3.44. The molecule has 18 heavy (non-hydrogen) atoms. The van der Waals surface area contributed by atoms with E-state index in [0.29, 0.717) is 25.9 Å². The van der Waals surface area contributed by atoms with Crippen LogP contribution >= 0.6 is 0 Å². The molecule has 2 N–H and O–H groups in total. The predicted octanol–water partition coefficient (Wildman–Crippen LogP) is 1.09. The smallest absolute Gasteiger partial charge is 0.310 e. The second kappa shape index (κ2) is 5.26. The fourth-order valence-corrected chi connectivity index (χ4v) is 2.37. The number of carboxylic acid groups (broad SMARTS) is 1. The summed E-state index contributed by atoms with van der Waals surface area (Å²) in [6.45, 7) is 9.13. The Hall–Kier alpha value is -1.10. The first-order chi connectivity index (χ1) is 8.18. The Morgan fingerprint density at radius 3 is 2.39 bits per heavy atom. The van der Waals surface area contributed by atoms with Gasteiger partial charge in [0, 0.05) is 12.1 Å². The summed E-state index contributed by atoms with van der Waals surface area (Å²) in [6, 6.07) is 0. The third-order valence-electron chi connectivity index (χ3n) is 3.44. The highest BCUT2D eigenvalue weighted by Crippen LogP contribution is 2.33. The van der Waals surface area contributed by atoms with Gasteiger partial charge in [0.2, 0.25) is 5.91 Å². The van der Waals surface area contributed by atoms with Crippen molar-refractivity contribution < 1.29 is 14.7 Å². The molecule has 0 aliphatic carbocycles. The van der Waals surface area contributed by atoms with Crippen LogP contribution in [0.15, 0.2) is 0 Å². The highest BCUT2D eigenvalue weighted by molar-refractivity contribution is 5.79. The first-order valence-electron chi connectivity index (χ1n) is 6.45. The van der Waals surface area contributed by atoms with Gasteiger partial charge in [-0.1, -0.05) is 6.92 Å².